The van der Waals surface area contributed by atoms with Crippen molar-refractivity contribution in [2.45, 2.75) is 0 Å². The molecule has 0 radical (unpaired) electrons. The van der Waals surface area contributed by atoms with Gasteiger partial charge in [-0.3, -0.25) is 20.2 Å². The minimum atomic E-state index is -0.590. The first-order chi connectivity index (χ1) is 10.9. The quantitative estimate of drug-likeness (QED) is 0.448. The number of hydrogen-bond donors (Lipinski definition) is 2. The number of halogens is 2. The van der Waals surface area contributed by atoms with E-state index in [1.165, 1.54) is 18.2 Å². The second kappa shape index (κ2) is 7.49. The van der Waals surface area contributed by atoms with Gasteiger partial charge in [-0.25, -0.2) is 0 Å². The number of amides is 1. The van der Waals surface area contributed by atoms with E-state index in [9.17, 15) is 14.9 Å². The highest BCUT2D eigenvalue weighted by molar-refractivity contribution is 9.10. The molecule has 118 valence electrons. The van der Waals surface area contributed by atoms with Gasteiger partial charge in [0.2, 0.25) is 0 Å². The van der Waals surface area contributed by atoms with Crippen molar-refractivity contribution in [2.24, 2.45) is 0 Å². The second-order valence-electron chi connectivity index (χ2n) is 4.33. The van der Waals surface area contributed by atoms with Crippen LogP contribution in [0.2, 0.25) is 5.02 Å². The fraction of sp³-hybridized carbons (Fsp3) is 0. The van der Waals surface area contributed by atoms with Gasteiger partial charge in [0.25, 0.3) is 11.6 Å². The van der Waals surface area contributed by atoms with Crippen molar-refractivity contribution in [3.05, 3.63) is 67.6 Å². The molecule has 0 spiro atoms. The van der Waals surface area contributed by atoms with Crippen LogP contribution < -0.4 is 10.6 Å². The first-order valence-corrected chi connectivity index (χ1v) is 7.76. The Kier molecular flexibility index (Phi) is 5.64. The monoisotopic (exact) mass is 413 g/mol. The van der Waals surface area contributed by atoms with Gasteiger partial charge >= 0.3 is 0 Å². The average molecular weight is 415 g/mol. The van der Waals surface area contributed by atoms with Gasteiger partial charge in [0.15, 0.2) is 5.11 Å². The molecule has 0 unspecified atom stereocenters. The number of carbonyl (C=O) groups excluding carboxylic acids is 1. The lowest BCUT2D eigenvalue weighted by atomic mass is 10.2. The SMILES string of the molecule is O=C(NC(=S)Nc1ccc(Cl)cc1[N+](=O)[O-])c1ccc(Br)cc1. The molecule has 9 heteroatoms. The Hall–Kier alpha value is -2.03. The van der Waals surface area contributed by atoms with E-state index in [0.29, 0.717) is 5.56 Å². The highest BCUT2D eigenvalue weighted by Gasteiger charge is 2.16. The van der Waals surface area contributed by atoms with E-state index in [2.05, 4.69) is 26.6 Å². The molecule has 2 N–H and O–H groups in total. The number of nitro groups is 1. The van der Waals surface area contributed by atoms with Gasteiger partial charge in [-0.15, -0.1) is 0 Å². The third kappa shape index (κ3) is 4.72. The summed E-state index contributed by atoms with van der Waals surface area (Å²) >= 11 is 14.0. The fourth-order valence-electron chi connectivity index (χ4n) is 1.69. The molecule has 2 rings (SSSR count). The van der Waals surface area contributed by atoms with Crippen molar-refractivity contribution in [2.75, 3.05) is 5.32 Å². The summed E-state index contributed by atoms with van der Waals surface area (Å²) in [6.07, 6.45) is 0. The summed E-state index contributed by atoms with van der Waals surface area (Å²) in [4.78, 5) is 22.4. The molecule has 0 saturated carbocycles. The molecule has 0 atom stereocenters. The number of carbonyl (C=O) groups is 1. The van der Waals surface area contributed by atoms with Gasteiger partial charge in [-0.2, -0.15) is 0 Å². The lowest BCUT2D eigenvalue weighted by Gasteiger charge is -2.10. The zero-order valence-corrected chi connectivity index (χ0v) is 14.5. The summed E-state index contributed by atoms with van der Waals surface area (Å²) in [6, 6.07) is 10.8. The van der Waals surface area contributed by atoms with Gasteiger partial charge in [0.1, 0.15) is 5.69 Å². The second-order valence-corrected chi connectivity index (χ2v) is 6.09. The third-order valence-corrected chi connectivity index (χ3v) is 3.71. The zero-order valence-electron chi connectivity index (χ0n) is 11.4. The standard InChI is InChI=1S/C14H9BrClN3O3S/c15-9-3-1-8(2-4-9)13(20)18-14(23)17-11-6-5-10(16)7-12(11)19(21)22/h1-7H,(H2,17,18,20,23). The number of nitrogens with zero attached hydrogens (tertiary/aromatic N) is 1. The number of rotatable bonds is 3. The molecule has 0 fully saturated rings. The maximum atomic E-state index is 12.0. The van der Waals surface area contributed by atoms with Crippen LogP contribution >= 0.6 is 39.7 Å². The summed E-state index contributed by atoms with van der Waals surface area (Å²) in [5.41, 5.74) is 0.307. The number of anilines is 1. The highest BCUT2D eigenvalue weighted by atomic mass is 79.9. The van der Waals surface area contributed by atoms with Crippen molar-refractivity contribution in [1.82, 2.24) is 5.32 Å². The molecule has 0 bridgehead atoms. The van der Waals surface area contributed by atoms with Crippen LogP contribution in [0.1, 0.15) is 10.4 Å². The fourth-order valence-corrected chi connectivity index (χ4v) is 2.32. The average Bonchev–Trinajstić information content (AvgIpc) is 2.49. The maximum Gasteiger partial charge on any atom is 0.294 e. The van der Waals surface area contributed by atoms with Crippen molar-refractivity contribution in [3.8, 4) is 0 Å². The first kappa shape index (κ1) is 17.3. The van der Waals surface area contributed by atoms with Crippen LogP contribution in [0.4, 0.5) is 11.4 Å². The van der Waals surface area contributed by atoms with Crippen molar-refractivity contribution >= 4 is 62.1 Å². The zero-order chi connectivity index (χ0) is 17.0. The summed E-state index contributed by atoms with van der Waals surface area (Å²) < 4.78 is 0.839. The molecule has 1 amide bonds. The molecule has 0 aliphatic carbocycles. The predicted molar refractivity (Wildman–Crippen MR) is 95.9 cm³/mol. The van der Waals surface area contributed by atoms with Crippen LogP contribution in [0.3, 0.4) is 0 Å². The van der Waals surface area contributed by atoms with E-state index in [-0.39, 0.29) is 21.5 Å². The molecular weight excluding hydrogens is 406 g/mol. The molecular formula is C14H9BrClN3O3S. The topological polar surface area (TPSA) is 84.3 Å². The Morgan fingerprint density at radius 1 is 1.22 bits per heavy atom. The number of hydrogen-bond acceptors (Lipinski definition) is 4. The molecule has 0 aliphatic rings. The smallest absolute Gasteiger partial charge is 0.294 e. The normalized spacial score (nSPS) is 10.0. The lowest BCUT2D eigenvalue weighted by Crippen LogP contribution is -2.34. The first-order valence-electron chi connectivity index (χ1n) is 6.18. The molecule has 0 heterocycles. The van der Waals surface area contributed by atoms with Crippen molar-refractivity contribution in [1.29, 1.82) is 0 Å². The molecule has 2 aromatic rings. The Bertz CT molecular complexity index is 783. The van der Waals surface area contributed by atoms with Crippen LogP contribution in [0.5, 0.6) is 0 Å². The van der Waals surface area contributed by atoms with E-state index in [4.69, 9.17) is 23.8 Å². The predicted octanol–water partition coefficient (Wildman–Crippen LogP) is 4.14. The number of nitro benzene ring substituents is 1. The molecule has 23 heavy (non-hydrogen) atoms. The van der Waals surface area contributed by atoms with Crippen LogP contribution in [0, 0.1) is 10.1 Å². The van der Waals surface area contributed by atoms with E-state index in [0.717, 1.165) is 4.47 Å². The minimum absolute atomic E-state index is 0.0525. The number of thiocarbonyl (C=S) groups is 1. The van der Waals surface area contributed by atoms with E-state index in [1.54, 1.807) is 24.3 Å². The molecule has 0 aromatic heterocycles. The summed E-state index contributed by atoms with van der Waals surface area (Å²) in [6.45, 7) is 0. The molecule has 6 nitrogen and oxygen atoms in total. The number of benzene rings is 2. The third-order valence-electron chi connectivity index (χ3n) is 2.74. The van der Waals surface area contributed by atoms with Gasteiger partial charge in [-0.05, 0) is 48.6 Å². The Balaban J connectivity index is 2.09. The maximum absolute atomic E-state index is 12.0. The largest absolute Gasteiger partial charge is 0.327 e. The van der Waals surface area contributed by atoms with Crippen LogP contribution in [-0.2, 0) is 0 Å². The van der Waals surface area contributed by atoms with Crippen LogP contribution in [0.25, 0.3) is 0 Å². The van der Waals surface area contributed by atoms with E-state index >= 15 is 0 Å². The summed E-state index contributed by atoms with van der Waals surface area (Å²) in [5.74, 6) is -0.424. The van der Waals surface area contributed by atoms with Crippen LogP contribution in [0.15, 0.2) is 46.9 Å². The highest BCUT2D eigenvalue weighted by Crippen LogP contribution is 2.27. The molecule has 0 aliphatic heterocycles. The molecule has 0 saturated heterocycles. The molecule has 2 aromatic carbocycles. The van der Waals surface area contributed by atoms with Crippen molar-refractivity contribution in [3.63, 3.8) is 0 Å². The van der Waals surface area contributed by atoms with Crippen molar-refractivity contribution < 1.29 is 9.72 Å². The van der Waals surface area contributed by atoms with E-state index < -0.39 is 10.8 Å². The van der Waals surface area contributed by atoms with Gasteiger partial charge < -0.3 is 5.32 Å². The minimum Gasteiger partial charge on any atom is -0.327 e. The van der Waals surface area contributed by atoms with Gasteiger partial charge in [0, 0.05) is 21.1 Å². The van der Waals surface area contributed by atoms with Crippen LogP contribution in [-0.4, -0.2) is 15.9 Å². The van der Waals surface area contributed by atoms with Gasteiger partial charge in [0.05, 0.1) is 4.92 Å². The Labute approximate surface area is 150 Å². The lowest BCUT2D eigenvalue weighted by molar-refractivity contribution is -0.383. The summed E-state index contributed by atoms with van der Waals surface area (Å²) in [5, 5.41) is 16.3. The van der Waals surface area contributed by atoms with Gasteiger partial charge in [-0.1, -0.05) is 27.5 Å². The number of nitrogens with one attached hydrogen (secondary N) is 2. The summed E-state index contributed by atoms with van der Waals surface area (Å²) in [7, 11) is 0. The Morgan fingerprint density at radius 2 is 1.87 bits per heavy atom. The Morgan fingerprint density at radius 3 is 2.48 bits per heavy atom. The van der Waals surface area contributed by atoms with E-state index in [1.807, 2.05) is 0 Å².